The molecule has 0 aliphatic heterocycles. The van der Waals surface area contributed by atoms with Gasteiger partial charge in [0, 0.05) is 17.6 Å². The molecule has 2 rings (SSSR count). The molecule has 0 amide bonds. The molecule has 1 aliphatic rings. The highest BCUT2D eigenvalue weighted by Gasteiger charge is 2.31. The van der Waals surface area contributed by atoms with Crippen molar-refractivity contribution in [1.82, 2.24) is 5.32 Å². The van der Waals surface area contributed by atoms with Crippen molar-refractivity contribution in [3.8, 4) is 0 Å². The first kappa shape index (κ1) is 12.5. The van der Waals surface area contributed by atoms with Gasteiger partial charge in [0.05, 0.1) is 0 Å². The average molecular weight is 239 g/mol. The van der Waals surface area contributed by atoms with E-state index in [2.05, 4.69) is 12.2 Å². The average Bonchev–Trinajstić information content (AvgIpc) is 3.13. The van der Waals surface area contributed by atoms with E-state index in [1.807, 2.05) is 6.92 Å². The Bertz CT molecular complexity index is 388. The maximum atomic E-state index is 13.6. The summed E-state index contributed by atoms with van der Waals surface area (Å²) in [6.07, 6.45) is 3.54. The van der Waals surface area contributed by atoms with Crippen LogP contribution in [-0.2, 0) is 0 Å². The van der Waals surface area contributed by atoms with Crippen LogP contribution in [0.25, 0.3) is 0 Å². The van der Waals surface area contributed by atoms with Crippen LogP contribution in [0.4, 0.5) is 8.78 Å². The van der Waals surface area contributed by atoms with Crippen LogP contribution in [0.3, 0.4) is 0 Å². The lowest BCUT2D eigenvalue weighted by Gasteiger charge is -2.22. The quantitative estimate of drug-likeness (QED) is 0.824. The lowest BCUT2D eigenvalue weighted by molar-refractivity contribution is 0.396. The molecule has 0 heterocycles. The summed E-state index contributed by atoms with van der Waals surface area (Å²) in [7, 11) is 0. The second-order valence-corrected chi connectivity index (χ2v) is 4.91. The van der Waals surface area contributed by atoms with Gasteiger partial charge in [-0.05, 0) is 50.3 Å². The molecule has 1 nitrogen and oxygen atoms in total. The molecule has 0 bridgehead atoms. The maximum Gasteiger partial charge on any atom is 0.128 e. The Hall–Kier alpha value is -0.960. The highest BCUT2D eigenvalue weighted by Crippen LogP contribution is 2.35. The minimum absolute atomic E-state index is 0.142. The summed E-state index contributed by atoms with van der Waals surface area (Å²) in [6, 6.07) is 3.92. The van der Waals surface area contributed by atoms with Crippen LogP contribution in [0, 0.1) is 17.6 Å². The fourth-order valence-corrected chi connectivity index (χ4v) is 2.34. The molecule has 0 radical (unpaired) electrons. The fourth-order valence-electron chi connectivity index (χ4n) is 2.34. The molecule has 1 N–H and O–H groups in total. The van der Waals surface area contributed by atoms with Gasteiger partial charge in [0.2, 0.25) is 0 Å². The zero-order chi connectivity index (χ0) is 12.4. The predicted molar refractivity (Wildman–Crippen MR) is 64.7 cm³/mol. The van der Waals surface area contributed by atoms with Crippen molar-refractivity contribution >= 4 is 0 Å². The summed E-state index contributed by atoms with van der Waals surface area (Å²) in [5.74, 6) is 0.00522. The normalized spacial score (nSPS) is 19.1. The SMILES string of the molecule is CCC(NC(C)c1cc(F)ccc1F)C1CC1. The molecule has 1 aromatic carbocycles. The van der Waals surface area contributed by atoms with Gasteiger partial charge in [-0.2, -0.15) is 0 Å². The number of benzene rings is 1. The lowest BCUT2D eigenvalue weighted by atomic mass is 10.0. The van der Waals surface area contributed by atoms with Gasteiger partial charge in [0.15, 0.2) is 0 Å². The van der Waals surface area contributed by atoms with Gasteiger partial charge in [-0.15, -0.1) is 0 Å². The number of hydrogen-bond acceptors (Lipinski definition) is 1. The van der Waals surface area contributed by atoms with E-state index in [-0.39, 0.29) is 17.7 Å². The molecule has 1 aliphatic carbocycles. The third-order valence-corrected chi connectivity index (χ3v) is 3.52. The summed E-state index contributed by atoms with van der Waals surface area (Å²) >= 11 is 0. The Morgan fingerprint density at radius 2 is 2.06 bits per heavy atom. The molecule has 3 heteroatoms. The monoisotopic (exact) mass is 239 g/mol. The largest absolute Gasteiger partial charge is 0.307 e. The highest BCUT2D eigenvalue weighted by molar-refractivity contribution is 5.22. The van der Waals surface area contributed by atoms with Crippen LogP contribution in [0.1, 0.15) is 44.7 Å². The first-order valence-corrected chi connectivity index (χ1v) is 6.32. The number of rotatable bonds is 5. The molecule has 2 unspecified atom stereocenters. The van der Waals surface area contributed by atoms with Gasteiger partial charge in [-0.3, -0.25) is 0 Å². The zero-order valence-corrected chi connectivity index (χ0v) is 10.3. The van der Waals surface area contributed by atoms with E-state index in [0.717, 1.165) is 18.4 Å². The molecule has 2 atom stereocenters. The summed E-state index contributed by atoms with van der Waals surface area (Å²) in [5, 5.41) is 3.41. The second-order valence-electron chi connectivity index (χ2n) is 4.91. The van der Waals surface area contributed by atoms with Crippen LogP contribution in [0.5, 0.6) is 0 Å². The highest BCUT2D eigenvalue weighted by atomic mass is 19.1. The van der Waals surface area contributed by atoms with Gasteiger partial charge in [0.25, 0.3) is 0 Å². The van der Waals surface area contributed by atoms with Crippen molar-refractivity contribution in [1.29, 1.82) is 0 Å². The van der Waals surface area contributed by atoms with E-state index in [9.17, 15) is 8.78 Å². The molecule has 1 saturated carbocycles. The van der Waals surface area contributed by atoms with Crippen LogP contribution < -0.4 is 5.32 Å². The molecule has 0 spiro atoms. The molecule has 94 valence electrons. The number of nitrogens with one attached hydrogen (secondary N) is 1. The lowest BCUT2D eigenvalue weighted by Crippen LogP contribution is -2.33. The van der Waals surface area contributed by atoms with E-state index in [4.69, 9.17) is 0 Å². The molecule has 0 aromatic heterocycles. The van der Waals surface area contributed by atoms with E-state index >= 15 is 0 Å². The summed E-state index contributed by atoms with van der Waals surface area (Å²) < 4.78 is 26.7. The summed E-state index contributed by atoms with van der Waals surface area (Å²) in [4.78, 5) is 0. The van der Waals surface area contributed by atoms with Crippen LogP contribution in [-0.4, -0.2) is 6.04 Å². The zero-order valence-electron chi connectivity index (χ0n) is 10.3. The summed E-state index contributed by atoms with van der Waals surface area (Å²) in [6.45, 7) is 4.02. The molecule has 17 heavy (non-hydrogen) atoms. The van der Waals surface area contributed by atoms with Crippen LogP contribution >= 0.6 is 0 Å². The van der Waals surface area contributed by atoms with Crippen molar-refractivity contribution in [2.24, 2.45) is 5.92 Å². The van der Waals surface area contributed by atoms with Gasteiger partial charge >= 0.3 is 0 Å². The number of hydrogen-bond donors (Lipinski definition) is 1. The van der Waals surface area contributed by atoms with Gasteiger partial charge in [0.1, 0.15) is 11.6 Å². The molecular formula is C14H19F2N. The first-order chi connectivity index (χ1) is 8.11. The minimum atomic E-state index is -0.380. The topological polar surface area (TPSA) is 12.0 Å². The van der Waals surface area contributed by atoms with Crippen molar-refractivity contribution in [3.05, 3.63) is 35.4 Å². The van der Waals surface area contributed by atoms with Crippen molar-refractivity contribution in [2.45, 2.75) is 45.2 Å². The third kappa shape index (κ3) is 3.03. The Kier molecular flexibility index (Phi) is 3.77. The van der Waals surface area contributed by atoms with Gasteiger partial charge in [-0.1, -0.05) is 6.92 Å². The summed E-state index contributed by atoms with van der Waals surface area (Å²) in [5.41, 5.74) is 0.420. The second kappa shape index (κ2) is 5.13. The van der Waals surface area contributed by atoms with Gasteiger partial charge < -0.3 is 5.32 Å². The van der Waals surface area contributed by atoms with E-state index < -0.39 is 0 Å². The number of halogens is 2. The molecule has 1 fully saturated rings. The Morgan fingerprint density at radius 1 is 1.35 bits per heavy atom. The van der Waals surface area contributed by atoms with E-state index in [1.54, 1.807) is 0 Å². The van der Waals surface area contributed by atoms with Crippen molar-refractivity contribution < 1.29 is 8.78 Å². The van der Waals surface area contributed by atoms with Crippen LogP contribution in [0.15, 0.2) is 18.2 Å². The molecular weight excluding hydrogens is 220 g/mol. The predicted octanol–water partition coefficient (Wildman–Crippen LogP) is 3.80. The van der Waals surface area contributed by atoms with Gasteiger partial charge in [-0.25, -0.2) is 8.78 Å². The van der Waals surface area contributed by atoms with Crippen LogP contribution in [0.2, 0.25) is 0 Å². The molecule has 1 aromatic rings. The Labute approximate surface area is 101 Å². The van der Waals surface area contributed by atoms with E-state index in [0.29, 0.717) is 11.6 Å². The third-order valence-electron chi connectivity index (χ3n) is 3.52. The Balaban J connectivity index is 2.07. The standard InChI is InChI=1S/C14H19F2N/c1-3-14(10-4-5-10)17-9(2)12-8-11(15)6-7-13(12)16/h6-10,14,17H,3-5H2,1-2H3. The van der Waals surface area contributed by atoms with Crippen molar-refractivity contribution in [2.75, 3.05) is 0 Å². The fraction of sp³-hybridized carbons (Fsp3) is 0.571. The maximum absolute atomic E-state index is 13.6. The van der Waals surface area contributed by atoms with E-state index in [1.165, 1.54) is 25.0 Å². The smallest absolute Gasteiger partial charge is 0.128 e. The minimum Gasteiger partial charge on any atom is -0.307 e. The first-order valence-electron chi connectivity index (χ1n) is 6.32. The molecule has 0 saturated heterocycles. The Morgan fingerprint density at radius 3 is 2.65 bits per heavy atom. The van der Waals surface area contributed by atoms with Crippen molar-refractivity contribution in [3.63, 3.8) is 0 Å².